The van der Waals surface area contributed by atoms with E-state index in [1.807, 2.05) is 0 Å². The molecule has 0 aromatic heterocycles. The molecule has 0 heterocycles. The summed E-state index contributed by atoms with van der Waals surface area (Å²) in [6.07, 6.45) is -0.997. The van der Waals surface area contributed by atoms with Crippen molar-refractivity contribution >= 4 is 5.91 Å². The van der Waals surface area contributed by atoms with Gasteiger partial charge in [-0.2, -0.15) is 0 Å². The van der Waals surface area contributed by atoms with Gasteiger partial charge in [-0.3, -0.25) is 4.79 Å². The number of hydrogen-bond donors (Lipinski definition) is 3. The molecule has 0 aliphatic rings. The second-order valence-electron chi connectivity index (χ2n) is 3.57. The quantitative estimate of drug-likeness (QED) is 0.677. The number of aliphatic hydroxyl groups is 1. The monoisotopic (exact) mass is 226 g/mol. The molecule has 2 unspecified atom stereocenters. The summed E-state index contributed by atoms with van der Waals surface area (Å²) in [6.45, 7) is 1.65. The van der Waals surface area contributed by atoms with Crippen molar-refractivity contribution in [3.05, 3.63) is 35.6 Å². The lowest BCUT2D eigenvalue weighted by molar-refractivity contribution is -0.119. The molecule has 5 heteroatoms. The Morgan fingerprint density at radius 3 is 2.75 bits per heavy atom. The first kappa shape index (κ1) is 12.6. The molecule has 88 valence electrons. The fraction of sp³-hybridized carbons (Fsp3) is 0.364. The summed E-state index contributed by atoms with van der Waals surface area (Å²) in [5.74, 6) is -0.982. The van der Waals surface area contributed by atoms with Crippen molar-refractivity contribution in [1.29, 1.82) is 0 Å². The van der Waals surface area contributed by atoms with Crippen LogP contribution in [-0.2, 0) is 4.79 Å². The Bertz CT molecular complexity index is 371. The summed E-state index contributed by atoms with van der Waals surface area (Å²) >= 11 is 0. The molecule has 0 radical (unpaired) electrons. The van der Waals surface area contributed by atoms with Crippen LogP contribution in [0.25, 0.3) is 0 Å². The Morgan fingerprint density at radius 2 is 2.19 bits per heavy atom. The van der Waals surface area contributed by atoms with Crippen LogP contribution in [0, 0.1) is 5.82 Å². The maximum absolute atomic E-state index is 13.2. The highest BCUT2D eigenvalue weighted by molar-refractivity contribution is 5.79. The standard InChI is InChI=1S/C11H15FN2O2/c1-7(11(13)16)14-6-10(15)8-4-2-3-5-9(8)12/h2-5,7,10,14-15H,6H2,1H3,(H2,13,16). The van der Waals surface area contributed by atoms with Crippen molar-refractivity contribution in [3.63, 3.8) is 0 Å². The van der Waals surface area contributed by atoms with Gasteiger partial charge in [0, 0.05) is 12.1 Å². The van der Waals surface area contributed by atoms with Gasteiger partial charge < -0.3 is 16.2 Å². The highest BCUT2D eigenvalue weighted by Gasteiger charge is 2.14. The number of nitrogens with one attached hydrogen (secondary N) is 1. The fourth-order valence-corrected chi connectivity index (χ4v) is 1.24. The van der Waals surface area contributed by atoms with Gasteiger partial charge in [-0.25, -0.2) is 4.39 Å². The molecular formula is C11H15FN2O2. The third-order valence-electron chi connectivity index (χ3n) is 2.31. The van der Waals surface area contributed by atoms with Crippen LogP contribution in [0.3, 0.4) is 0 Å². The van der Waals surface area contributed by atoms with E-state index in [4.69, 9.17) is 5.73 Å². The Kier molecular flexibility index (Phi) is 4.39. The molecule has 4 N–H and O–H groups in total. The number of benzene rings is 1. The fourth-order valence-electron chi connectivity index (χ4n) is 1.24. The Labute approximate surface area is 93.3 Å². The molecule has 0 bridgehead atoms. The number of halogens is 1. The van der Waals surface area contributed by atoms with Crippen LogP contribution in [0.5, 0.6) is 0 Å². The summed E-state index contributed by atoms with van der Waals surface area (Å²) in [6, 6.07) is 5.40. The zero-order valence-corrected chi connectivity index (χ0v) is 8.98. The van der Waals surface area contributed by atoms with Crippen molar-refractivity contribution in [3.8, 4) is 0 Å². The van der Waals surface area contributed by atoms with Gasteiger partial charge in [-0.05, 0) is 13.0 Å². The van der Waals surface area contributed by atoms with Gasteiger partial charge in [0.2, 0.25) is 5.91 Å². The van der Waals surface area contributed by atoms with Crippen molar-refractivity contribution in [2.75, 3.05) is 6.54 Å². The number of carbonyl (C=O) groups excluding carboxylic acids is 1. The third kappa shape index (κ3) is 3.29. The summed E-state index contributed by atoms with van der Waals surface area (Å²) in [4.78, 5) is 10.7. The van der Waals surface area contributed by atoms with E-state index in [-0.39, 0.29) is 12.1 Å². The van der Waals surface area contributed by atoms with Gasteiger partial charge >= 0.3 is 0 Å². The predicted octanol–water partition coefficient (Wildman–Crippen LogP) is 0.323. The van der Waals surface area contributed by atoms with E-state index in [2.05, 4.69) is 5.32 Å². The Hall–Kier alpha value is -1.46. The largest absolute Gasteiger partial charge is 0.387 e. The first-order valence-electron chi connectivity index (χ1n) is 4.97. The number of carbonyl (C=O) groups is 1. The zero-order chi connectivity index (χ0) is 12.1. The predicted molar refractivity (Wildman–Crippen MR) is 58.0 cm³/mol. The number of hydrogen-bond acceptors (Lipinski definition) is 3. The number of nitrogens with two attached hydrogens (primary N) is 1. The average molecular weight is 226 g/mol. The number of rotatable bonds is 5. The number of amides is 1. The zero-order valence-electron chi connectivity index (χ0n) is 8.98. The van der Waals surface area contributed by atoms with Gasteiger partial charge in [0.05, 0.1) is 12.1 Å². The van der Waals surface area contributed by atoms with Gasteiger partial charge in [0.25, 0.3) is 0 Å². The minimum Gasteiger partial charge on any atom is -0.387 e. The number of aliphatic hydroxyl groups excluding tert-OH is 1. The van der Waals surface area contributed by atoms with Crippen LogP contribution in [-0.4, -0.2) is 23.6 Å². The van der Waals surface area contributed by atoms with E-state index < -0.39 is 23.9 Å². The molecule has 0 spiro atoms. The second kappa shape index (κ2) is 5.58. The van der Waals surface area contributed by atoms with E-state index in [1.54, 1.807) is 19.1 Å². The van der Waals surface area contributed by atoms with E-state index in [0.29, 0.717) is 0 Å². The van der Waals surface area contributed by atoms with E-state index in [1.165, 1.54) is 12.1 Å². The topological polar surface area (TPSA) is 75.3 Å². The van der Waals surface area contributed by atoms with Gasteiger partial charge in [-0.1, -0.05) is 18.2 Å². The van der Waals surface area contributed by atoms with Crippen molar-refractivity contribution < 1.29 is 14.3 Å². The maximum Gasteiger partial charge on any atom is 0.234 e. The van der Waals surface area contributed by atoms with Gasteiger partial charge in [0.15, 0.2) is 0 Å². The molecule has 2 atom stereocenters. The number of primary amides is 1. The molecule has 16 heavy (non-hydrogen) atoms. The molecule has 0 aliphatic carbocycles. The van der Waals surface area contributed by atoms with Crippen LogP contribution in [0.15, 0.2) is 24.3 Å². The van der Waals surface area contributed by atoms with Crippen molar-refractivity contribution in [1.82, 2.24) is 5.32 Å². The van der Waals surface area contributed by atoms with Gasteiger partial charge in [0.1, 0.15) is 5.82 Å². The Balaban J connectivity index is 2.56. The lowest BCUT2D eigenvalue weighted by Crippen LogP contribution is -2.40. The first-order valence-corrected chi connectivity index (χ1v) is 4.97. The highest BCUT2D eigenvalue weighted by atomic mass is 19.1. The molecule has 0 fully saturated rings. The van der Waals surface area contributed by atoms with Crippen molar-refractivity contribution in [2.45, 2.75) is 19.1 Å². The van der Waals surface area contributed by atoms with Crippen LogP contribution in [0.2, 0.25) is 0 Å². The second-order valence-corrected chi connectivity index (χ2v) is 3.57. The molecule has 0 saturated heterocycles. The SMILES string of the molecule is CC(NCC(O)c1ccccc1F)C(N)=O. The summed E-state index contributed by atoms with van der Waals surface area (Å²) < 4.78 is 13.2. The normalized spacial score (nSPS) is 14.4. The van der Waals surface area contributed by atoms with Crippen molar-refractivity contribution in [2.24, 2.45) is 5.73 Å². The van der Waals surface area contributed by atoms with E-state index >= 15 is 0 Å². The summed E-state index contributed by atoms with van der Waals surface area (Å²) in [7, 11) is 0. The van der Waals surface area contributed by atoms with Crippen LogP contribution < -0.4 is 11.1 Å². The maximum atomic E-state index is 13.2. The molecule has 0 saturated carbocycles. The first-order chi connectivity index (χ1) is 7.52. The molecule has 1 rings (SSSR count). The van der Waals surface area contributed by atoms with Gasteiger partial charge in [-0.15, -0.1) is 0 Å². The lowest BCUT2D eigenvalue weighted by atomic mass is 10.1. The van der Waals surface area contributed by atoms with Crippen LogP contribution in [0.4, 0.5) is 4.39 Å². The van der Waals surface area contributed by atoms with Crippen LogP contribution in [0.1, 0.15) is 18.6 Å². The molecule has 1 amide bonds. The molecular weight excluding hydrogens is 211 g/mol. The van der Waals surface area contributed by atoms with Crippen LogP contribution >= 0.6 is 0 Å². The molecule has 1 aromatic rings. The highest BCUT2D eigenvalue weighted by Crippen LogP contribution is 2.15. The molecule has 0 aliphatic heterocycles. The summed E-state index contributed by atoms with van der Waals surface area (Å²) in [5, 5.41) is 12.4. The lowest BCUT2D eigenvalue weighted by Gasteiger charge is -2.15. The minimum atomic E-state index is -0.997. The third-order valence-corrected chi connectivity index (χ3v) is 2.31. The smallest absolute Gasteiger partial charge is 0.234 e. The van der Waals surface area contributed by atoms with E-state index in [0.717, 1.165) is 0 Å². The molecule has 4 nitrogen and oxygen atoms in total. The average Bonchev–Trinajstić information content (AvgIpc) is 2.25. The summed E-state index contributed by atoms with van der Waals surface area (Å²) in [5.41, 5.74) is 5.23. The Morgan fingerprint density at radius 1 is 1.56 bits per heavy atom. The molecule has 1 aromatic carbocycles. The van der Waals surface area contributed by atoms with E-state index in [9.17, 15) is 14.3 Å². The minimum absolute atomic E-state index is 0.0744.